The standard InChI is InChI=1S/C29H33N3O2/c1-4-25(23-12-6-5-7-13-23)28(33)30-26-19-21(2)15-16-27(26)32-18-10-17-31(29(32)34)20-24-14-9-8-11-22(24)3/h5-9,11-16,19,25H,4,10,17-18,20H2,1-3H3,(H,30,33)/t25-/m0/s1. The topological polar surface area (TPSA) is 52.7 Å². The Morgan fingerprint density at radius 3 is 2.44 bits per heavy atom. The van der Waals surface area contributed by atoms with Gasteiger partial charge in [-0.3, -0.25) is 9.69 Å². The maximum atomic E-state index is 13.5. The molecular weight excluding hydrogens is 422 g/mol. The molecule has 4 rings (SSSR count). The van der Waals surface area contributed by atoms with E-state index >= 15 is 0 Å². The Morgan fingerprint density at radius 1 is 0.971 bits per heavy atom. The zero-order valence-electron chi connectivity index (χ0n) is 20.3. The molecule has 1 atom stereocenters. The van der Waals surface area contributed by atoms with Crippen LogP contribution in [0, 0.1) is 13.8 Å². The molecule has 34 heavy (non-hydrogen) atoms. The Kier molecular flexibility index (Phi) is 7.31. The summed E-state index contributed by atoms with van der Waals surface area (Å²) in [5.74, 6) is -0.300. The summed E-state index contributed by atoms with van der Waals surface area (Å²) in [6, 6.07) is 23.9. The Bertz CT molecular complexity index is 1160. The minimum absolute atomic E-state index is 0.0241. The second-order valence-corrected chi connectivity index (χ2v) is 9.02. The number of rotatable bonds is 7. The van der Waals surface area contributed by atoms with Gasteiger partial charge in [0, 0.05) is 19.6 Å². The van der Waals surface area contributed by atoms with Crippen LogP contribution in [0.3, 0.4) is 0 Å². The Balaban J connectivity index is 1.58. The van der Waals surface area contributed by atoms with Gasteiger partial charge in [-0.2, -0.15) is 0 Å². The van der Waals surface area contributed by atoms with Gasteiger partial charge in [-0.05, 0) is 61.1 Å². The third-order valence-corrected chi connectivity index (χ3v) is 6.56. The molecule has 5 nitrogen and oxygen atoms in total. The summed E-state index contributed by atoms with van der Waals surface area (Å²) in [6.07, 6.45) is 1.57. The highest BCUT2D eigenvalue weighted by atomic mass is 16.2. The van der Waals surface area contributed by atoms with E-state index in [0.717, 1.165) is 35.3 Å². The first-order valence-corrected chi connectivity index (χ1v) is 12.1. The smallest absolute Gasteiger partial charge is 0.324 e. The lowest BCUT2D eigenvalue weighted by Gasteiger charge is -2.37. The first-order valence-electron chi connectivity index (χ1n) is 12.1. The number of benzene rings is 3. The Labute approximate surface area is 202 Å². The molecule has 1 heterocycles. The third kappa shape index (κ3) is 5.14. The summed E-state index contributed by atoms with van der Waals surface area (Å²) in [5.41, 5.74) is 5.81. The molecule has 3 amide bonds. The highest BCUT2D eigenvalue weighted by Crippen LogP contribution is 2.32. The van der Waals surface area contributed by atoms with Crippen molar-refractivity contribution in [1.82, 2.24) is 4.90 Å². The van der Waals surface area contributed by atoms with E-state index in [1.54, 1.807) is 4.90 Å². The van der Waals surface area contributed by atoms with Gasteiger partial charge in [0.2, 0.25) is 5.91 Å². The van der Waals surface area contributed by atoms with E-state index in [2.05, 4.69) is 24.4 Å². The van der Waals surface area contributed by atoms with Crippen molar-refractivity contribution in [3.63, 3.8) is 0 Å². The van der Waals surface area contributed by atoms with Gasteiger partial charge in [-0.25, -0.2) is 4.79 Å². The van der Waals surface area contributed by atoms with Crippen LogP contribution in [0.1, 0.15) is 47.9 Å². The van der Waals surface area contributed by atoms with Crippen LogP contribution in [0.4, 0.5) is 16.2 Å². The van der Waals surface area contributed by atoms with E-state index in [1.807, 2.05) is 79.4 Å². The summed E-state index contributed by atoms with van der Waals surface area (Å²) in [4.78, 5) is 30.5. The predicted octanol–water partition coefficient (Wildman–Crippen LogP) is 6.27. The average molecular weight is 456 g/mol. The minimum atomic E-state index is -0.246. The van der Waals surface area contributed by atoms with Crippen molar-refractivity contribution in [1.29, 1.82) is 0 Å². The number of carbonyl (C=O) groups excluding carboxylic acids is 2. The molecule has 176 valence electrons. The Hall–Kier alpha value is -3.60. The SMILES string of the molecule is CC[C@H](C(=O)Nc1cc(C)ccc1N1CCCN(Cc2ccccc2C)C1=O)c1ccccc1. The second kappa shape index (κ2) is 10.6. The molecule has 1 fully saturated rings. The zero-order valence-corrected chi connectivity index (χ0v) is 20.3. The molecule has 0 saturated carbocycles. The van der Waals surface area contributed by atoms with Gasteiger partial charge >= 0.3 is 6.03 Å². The van der Waals surface area contributed by atoms with Crippen molar-refractivity contribution in [3.05, 3.63) is 95.1 Å². The third-order valence-electron chi connectivity index (χ3n) is 6.56. The molecule has 5 heteroatoms. The lowest BCUT2D eigenvalue weighted by atomic mass is 9.95. The number of hydrogen-bond acceptors (Lipinski definition) is 2. The van der Waals surface area contributed by atoms with Crippen molar-refractivity contribution in [2.45, 2.75) is 46.1 Å². The van der Waals surface area contributed by atoms with Crippen LogP contribution in [0.5, 0.6) is 0 Å². The van der Waals surface area contributed by atoms with Crippen LogP contribution in [-0.4, -0.2) is 29.9 Å². The second-order valence-electron chi connectivity index (χ2n) is 9.02. The zero-order chi connectivity index (χ0) is 24.1. The lowest BCUT2D eigenvalue weighted by molar-refractivity contribution is -0.117. The van der Waals surface area contributed by atoms with E-state index in [4.69, 9.17) is 0 Å². The summed E-state index contributed by atoms with van der Waals surface area (Å²) < 4.78 is 0. The molecule has 1 aliphatic heterocycles. The molecule has 0 unspecified atom stereocenters. The number of anilines is 2. The van der Waals surface area contributed by atoms with Crippen LogP contribution in [0.15, 0.2) is 72.8 Å². The number of hydrogen-bond donors (Lipinski definition) is 1. The quantitative estimate of drug-likeness (QED) is 0.457. The number of aryl methyl sites for hydroxylation is 2. The van der Waals surface area contributed by atoms with Gasteiger partial charge < -0.3 is 10.2 Å². The van der Waals surface area contributed by atoms with Gasteiger partial charge in [0.05, 0.1) is 17.3 Å². The summed E-state index contributed by atoms with van der Waals surface area (Å²) in [6.45, 7) is 8.03. The average Bonchev–Trinajstić information content (AvgIpc) is 2.83. The van der Waals surface area contributed by atoms with Crippen LogP contribution < -0.4 is 10.2 Å². The number of urea groups is 1. The normalized spacial score (nSPS) is 14.7. The summed E-state index contributed by atoms with van der Waals surface area (Å²) >= 11 is 0. The molecule has 3 aromatic rings. The van der Waals surface area contributed by atoms with Crippen molar-refractivity contribution in [2.24, 2.45) is 0 Å². The van der Waals surface area contributed by atoms with E-state index in [1.165, 1.54) is 5.56 Å². The molecule has 0 aliphatic carbocycles. The minimum Gasteiger partial charge on any atom is -0.324 e. The first-order chi connectivity index (χ1) is 16.5. The largest absolute Gasteiger partial charge is 0.324 e. The predicted molar refractivity (Wildman–Crippen MR) is 138 cm³/mol. The Morgan fingerprint density at radius 2 is 1.71 bits per heavy atom. The molecular formula is C29H33N3O2. The van der Waals surface area contributed by atoms with Gasteiger partial charge in [-0.15, -0.1) is 0 Å². The number of nitrogens with zero attached hydrogens (tertiary/aromatic N) is 2. The summed E-state index contributed by atoms with van der Waals surface area (Å²) in [7, 11) is 0. The van der Waals surface area contributed by atoms with Crippen LogP contribution in [0.25, 0.3) is 0 Å². The maximum absolute atomic E-state index is 13.5. The van der Waals surface area contributed by atoms with Gasteiger partial charge in [0.1, 0.15) is 0 Å². The van der Waals surface area contributed by atoms with E-state index in [9.17, 15) is 9.59 Å². The monoisotopic (exact) mass is 455 g/mol. The van der Waals surface area contributed by atoms with Gasteiger partial charge in [-0.1, -0.05) is 67.6 Å². The van der Waals surface area contributed by atoms with Crippen molar-refractivity contribution in [3.8, 4) is 0 Å². The fourth-order valence-electron chi connectivity index (χ4n) is 4.61. The van der Waals surface area contributed by atoms with Crippen LogP contribution >= 0.6 is 0 Å². The molecule has 0 radical (unpaired) electrons. The van der Waals surface area contributed by atoms with Gasteiger partial charge in [0.15, 0.2) is 0 Å². The summed E-state index contributed by atoms with van der Waals surface area (Å²) in [5, 5.41) is 3.14. The first kappa shape index (κ1) is 23.6. The number of carbonyl (C=O) groups is 2. The fraction of sp³-hybridized carbons (Fsp3) is 0.310. The molecule has 1 N–H and O–H groups in total. The van der Waals surface area contributed by atoms with E-state index in [0.29, 0.717) is 25.2 Å². The van der Waals surface area contributed by atoms with E-state index in [-0.39, 0.29) is 17.9 Å². The molecule has 1 saturated heterocycles. The number of amides is 3. The van der Waals surface area contributed by atoms with Crippen LogP contribution in [-0.2, 0) is 11.3 Å². The van der Waals surface area contributed by atoms with Crippen molar-refractivity contribution in [2.75, 3.05) is 23.3 Å². The molecule has 1 aliphatic rings. The molecule has 0 aromatic heterocycles. The molecule has 0 bridgehead atoms. The lowest BCUT2D eigenvalue weighted by Crippen LogP contribution is -2.49. The molecule has 0 spiro atoms. The van der Waals surface area contributed by atoms with Gasteiger partial charge in [0.25, 0.3) is 0 Å². The van der Waals surface area contributed by atoms with Crippen molar-refractivity contribution < 1.29 is 9.59 Å². The van der Waals surface area contributed by atoms with Crippen LogP contribution in [0.2, 0.25) is 0 Å². The maximum Gasteiger partial charge on any atom is 0.324 e. The van der Waals surface area contributed by atoms with E-state index < -0.39 is 0 Å². The number of nitrogens with one attached hydrogen (secondary N) is 1. The highest BCUT2D eigenvalue weighted by Gasteiger charge is 2.29. The molecule has 3 aromatic carbocycles. The highest BCUT2D eigenvalue weighted by molar-refractivity contribution is 6.02. The van der Waals surface area contributed by atoms with Crippen molar-refractivity contribution >= 4 is 23.3 Å². The fourth-order valence-corrected chi connectivity index (χ4v) is 4.61.